The smallest absolute Gasteiger partial charge is 0.224 e. The third-order valence-electron chi connectivity index (χ3n) is 5.76. The Hall–Kier alpha value is -1.33. The van der Waals surface area contributed by atoms with E-state index in [0.717, 1.165) is 57.7 Å². The number of aromatic nitrogens is 1. The van der Waals surface area contributed by atoms with Gasteiger partial charge in [-0.05, 0) is 57.2 Å². The molecule has 0 spiro atoms. The van der Waals surface area contributed by atoms with Crippen LogP contribution in [-0.2, 0) is 4.79 Å². The van der Waals surface area contributed by atoms with Gasteiger partial charge >= 0.3 is 0 Å². The standard InChI is InChI=1S/C19H27ClN4O/c20-15-3-6-18(21-12-15)23-10-7-17(8-11-23)24-9-1-2-14(13-24)19(25)22-16-4-5-16/h3,6,12,14,16-17H,1-2,4-5,7-11,13H2,(H,22,25)/t14-/m1/s1. The first kappa shape index (κ1) is 17.1. The van der Waals surface area contributed by atoms with E-state index >= 15 is 0 Å². The Kier molecular flexibility index (Phi) is 5.13. The number of carbonyl (C=O) groups excluding carboxylic acids is 1. The molecule has 3 heterocycles. The molecule has 136 valence electrons. The summed E-state index contributed by atoms with van der Waals surface area (Å²) in [7, 11) is 0. The van der Waals surface area contributed by atoms with Gasteiger partial charge in [-0.1, -0.05) is 11.6 Å². The number of amides is 1. The van der Waals surface area contributed by atoms with E-state index in [1.807, 2.05) is 12.1 Å². The lowest BCUT2D eigenvalue weighted by Gasteiger charge is -2.42. The monoisotopic (exact) mass is 362 g/mol. The molecule has 0 unspecified atom stereocenters. The lowest BCUT2D eigenvalue weighted by molar-refractivity contribution is -0.127. The van der Waals surface area contributed by atoms with Crippen LogP contribution in [0.15, 0.2) is 18.3 Å². The molecule has 6 heteroatoms. The first-order valence-corrected chi connectivity index (χ1v) is 9.98. The molecule has 1 atom stereocenters. The van der Waals surface area contributed by atoms with Gasteiger partial charge in [-0.25, -0.2) is 4.98 Å². The highest BCUT2D eigenvalue weighted by atomic mass is 35.5. The number of anilines is 1. The van der Waals surface area contributed by atoms with Gasteiger partial charge in [0.2, 0.25) is 5.91 Å². The highest BCUT2D eigenvalue weighted by Crippen LogP contribution is 2.27. The largest absolute Gasteiger partial charge is 0.357 e. The van der Waals surface area contributed by atoms with Gasteiger partial charge in [0.1, 0.15) is 5.82 Å². The number of nitrogens with one attached hydrogen (secondary N) is 1. The fraction of sp³-hybridized carbons (Fsp3) is 0.684. The lowest BCUT2D eigenvalue weighted by atomic mass is 9.93. The van der Waals surface area contributed by atoms with E-state index in [9.17, 15) is 4.79 Å². The molecule has 25 heavy (non-hydrogen) atoms. The van der Waals surface area contributed by atoms with Crippen LogP contribution in [0.4, 0.5) is 5.82 Å². The molecule has 5 nitrogen and oxygen atoms in total. The number of likely N-dealkylation sites (tertiary alicyclic amines) is 1. The average molecular weight is 363 g/mol. The van der Waals surface area contributed by atoms with Crippen LogP contribution in [0.2, 0.25) is 5.02 Å². The number of nitrogens with zero attached hydrogens (tertiary/aromatic N) is 3. The van der Waals surface area contributed by atoms with Crippen molar-refractivity contribution in [2.75, 3.05) is 31.1 Å². The fourth-order valence-electron chi connectivity index (χ4n) is 4.11. The van der Waals surface area contributed by atoms with Gasteiger partial charge in [0.25, 0.3) is 0 Å². The zero-order valence-electron chi connectivity index (χ0n) is 14.7. The van der Waals surface area contributed by atoms with Crippen LogP contribution in [0.3, 0.4) is 0 Å². The molecule has 3 aliphatic rings. The second-order valence-electron chi connectivity index (χ2n) is 7.67. The molecule has 1 aromatic rings. The summed E-state index contributed by atoms with van der Waals surface area (Å²) >= 11 is 5.93. The number of carbonyl (C=O) groups is 1. The highest BCUT2D eigenvalue weighted by molar-refractivity contribution is 6.30. The number of halogens is 1. The topological polar surface area (TPSA) is 48.5 Å². The number of pyridine rings is 1. The Morgan fingerprint density at radius 1 is 1.12 bits per heavy atom. The third kappa shape index (κ3) is 4.26. The van der Waals surface area contributed by atoms with Crippen molar-refractivity contribution in [2.24, 2.45) is 5.92 Å². The van der Waals surface area contributed by atoms with E-state index < -0.39 is 0 Å². The number of rotatable bonds is 4. The van der Waals surface area contributed by atoms with E-state index in [2.05, 4.69) is 20.1 Å². The zero-order chi connectivity index (χ0) is 17.2. The molecular weight excluding hydrogens is 336 g/mol. The van der Waals surface area contributed by atoms with Crippen molar-refractivity contribution in [3.05, 3.63) is 23.4 Å². The molecule has 0 aromatic carbocycles. The predicted octanol–water partition coefficient (Wildman–Crippen LogP) is 2.69. The Morgan fingerprint density at radius 3 is 2.60 bits per heavy atom. The molecule has 1 amide bonds. The maximum absolute atomic E-state index is 12.4. The van der Waals surface area contributed by atoms with Crippen LogP contribution in [0.5, 0.6) is 0 Å². The van der Waals surface area contributed by atoms with Crippen molar-refractivity contribution in [1.29, 1.82) is 0 Å². The van der Waals surface area contributed by atoms with Gasteiger partial charge in [0, 0.05) is 37.9 Å². The Bertz CT molecular complexity index is 596. The van der Waals surface area contributed by atoms with Crippen LogP contribution in [0.1, 0.15) is 38.5 Å². The molecule has 1 saturated carbocycles. The molecule has 1 aromatic heterocycles. The Labute approximate surface area is 154 Å². The SMILES string of the molecule is O=C(NC1CC1)[C@@H]1CCCN(C2CCN(c3ccc(Cl)cn3)CC2)C1. The Balaban J connectivity index is 1.29. The van der Waals surface area contributed by atoms with Crippen LogP contribution >= 0.6 is 11.6 Å². The minimum absolute atomic E-state index is 0.185. The van der Waals surface area contributed by atoms with Gasteiger partial charge in [-0.3, -0.25) is 9.69 Å². The summed E-state index contributed by atoms with van der Waals surface area (Å²) in [6, 6.07) is 4.98. The number of hydrogen-bond acceptors (Lipinski definition) is 4. The van der Waals surface area contributed by atoms with Crippen molar-refractivity contribution >= 4 is 23.3 Å². The van der Waals surface area contributed by atoms with Gasteiger partial charge in [-0.2, -0.15) is 0 Å². The fourth-order valence-corrected chi connectivity index (χ4v) is 4.23. The molecule has 4 rings (SSSR count). The van der Waals surface area contributed by atoms with E-state index in [4.69, 9.17) is 11.6 Å². The van der Waals surface area contributed by atoms with Gasteiger partial charge in [0.15, 0.2) is 0 Å². The first-order valence-electron chi connectivity index (χ1n) is 9.60. The molecule has 1 aliphatic carbocycles. The van der Waals surface area contributed by atoms with Gasteiger partial charge in [-0.15, -0.1) is 0 Å². The second kappa shape index (κ2) is 7.50. The van der Waals surface area contributed by atoms with Crippen molar-refractivity contribution in [1.82, 2.24) is 15.2 Å². The molecule has 0 bridgehead atoms. The minimum Gasteiger partial charge on any atom is -0.357 e. The van der Waals surface area contributed by atoms with Gasteiger partial charge < -0.3 is 10.2 Å². The maximum Gasteiger partial charge on any atom is 0.224 e. The van der Waals surface area contributed by atoms with E-state index in [1.165, 1.54) is 12.8 Å². The molecule has 3 fully saturated rings. The molecule has 1 N–H and O–H groups in total. The quantitative estimate of drug-likeness (QED) is 0.894. The molecular formula is C19H27ClN4O. The van der Waals surface area contributed by atoms with Gasteiger partial charge in [0.05, 0.1) is 10.9 Å². The highest BCUT2D eigenvalue weighted by Gasteiger charge is 2.33. The summed E-state index contributed by atoms with van der Waals surface area (Å²) in [6.07, 6.45) is 8.52. The molecule has 2 aliphatic heterocycles. The summed E-state index contributed by atoms with van der Waals surface area (Å²) in [5.74, 6) is 1.49. The molecule has 2 saturated heterocycles. The van der Waals surface area contributed by atoms with Crippen molar-refractivity contribution < 1.29 is 4.79 Å². The maximum atomic E-state index is 12.4. The first-order chi connectivity index (χ1) is 12.2. The van der Waals surface area contributed by atoms with E-state index in [1.54, 1.807) is 6.20 Å². The summed E-state index contributed by atoms with van der Waals surface area (Å²) < 4.78 is 0. The van der Waals surface area contributed by atoms with Crippen LogP contribution in [0.25, 0.3) is 0 Å². The van der Waals surface area contributed by atoms with Crippen LogP contribution in [0, 0.1) is 5.92 Å². The third-order valence-corrected chi connectivity index (χ3v) is 5.99. The summed E-state index contributed by atoms with van der Waals surface area (Å²) in [5, 5.41) is 3.87. The minimum atomic E-state index is 0.185. The van der Waals surface area contributed by atoms with E-state index in [0.29, 0.717) is 17.1 Å². The van der Waals surface area contributed by atoms with E-state index in [-0.39, 0.29) is 11.8 Å². The second-order valence-corrected chi connectivity index (χ2v) is 8.11. The summed E-state index contributed by atoms with van der Waals surface area (Å²) in [5.41, 5.74) is 0. The normalized spacial score (nSPS) is 25.8. The zero-order valence-corrected chi connectivity index (χ0v) is 15.4. The van der Waals surface area contributed by atoms with Crippen molar-refractivity contribution in [3.63, 3.8) is 0 Å². The van der Waals surface area contributed by atoms with Crippen LogP contribution in [-0.4, -0.2) is 54.1 Å². The summed E-state index contributed by atoms with van der Waals surface area (Å²) in [4.78, 5) is 21.7. The van der Waals surface area contributed by atoms with Crippen LogP contribution < -0.4 is 10.2 Å². The molecule has 0 radical (unpaired) electrons. The number of piperidine rings is 2. The average Bonchev–Trinajstić information content (AvgIpc) is 3.47. The van der Waals surface area contributed by atoms with Crippen molar-refractivity contribution in [3.8, 4) is 0 Å². The number of hydrogen-bond donors (Lipinski definition) is 1. The van der Waals surface area contributed by atoms with Crippen molar-refractivity contribution in [2.45, 2.75) is 50.6 Å². The lowest BCUT2D eigenvalue weighted by Crippen LogP contribution is -2.51. The Morgan fingerprint density at radius 2 is 1.92 bits per heavy atom. The summed E-state index contributed by atoms with van der Waals surface area (Å²) in [6.45, 7) is 4.11. The predicted molar refractivity (Wildman–Crippen MR) is 99.9 cm³/mol.